The van der Waals surface area contributed by atoms with Gasteiger partial charge >= 0.3 is 0 Å². The van der Waals surface area contributed by atoms with Gasteiger partial charge < -0.3 is 20.6 Å². The topological polar surface area (TPSA) is 81.7 Å². The van der Waals surface area contributed by atoms with Crippen LogP contribution in [-0.2, 0) is 20.6 Å². The molecular weight excluding hydrogens is 534 g/mol. The van der Waals surface area contributed by atoms with Crippen LogP contribution in [-0.4, -0.2) is 54.5 Å². The summed E-state index contributed by atoms with van der Waals surface area (Å²) in [5, 5.41) is 17.9. The summed E-state index contributed by atoms with van der Waals surface area (Å²) in [6, 6.07) is 28.4. The van der Waals surface area contributed by atoms with Gasteiger partial charge in [0.25, 0.3) is 0 Å². The number of aliphatic hydroxyl groups is 1. The average Bonchev–Trinajstić information content (AvgIpc) is 3.01. The molecule has 3 N–H and O–H groups in total. The van der Waals surface area contributed by atoms with Crippen LogP contribution in [0.1, 0.15) is 62.1 Å². The Balaban J connectivity index is 1.44. The summed E-state index contributed by atoms with van der Waals surface area (Å²) in [6.07, 6.45) is 3.81. The smallest absolute Gasteiger partial charge is 0.221 e. The van der Waals surface area contributed by atoms with E-state index in [1.165, 1.54) is 11.1 Å². The van der Waals surface area contributed by atoms with Crippen molar-refractivity contribution in [2.75, 3.05) is 32.7 Å². The summed E-state index contributed by atoms with van der Waals surface area (Å²) in [6.45, 7) is 5.16. The largest absolute Gasteiger partial charge is 0.385 e. The minimum atomic E-state index is -0.820. The number of piperidine rings is 1. The minimum absolute atomic E-state index is 0.0509. The van der Waals surface area contributed by atoms with E-state index in [2.05, 4.69) is 64.1 Å². The molecule has 1 aliphatic rings. The van der Waals surface area contributed by atoms with E-state index in [9.17, 15) is 14.7 Å². The van der Waals surface area contributed by atoms with Crippen LogP contribution in [0.3, 0.4) is 0 Å². The maximum Gasteiger partial charge on any atom is 0.221 e. The number of carbonyl (C=O) groups is 2. The molecular formula is C34H42ClN3O3. The first kappa shape index (κ1) is 30.8. The van der Waals surface area contributed by atoms with E-state index in [0.717, 1.165) is 38.0 Å². The van der Waals surface area contributed by atoms with Gasteiger partial charge in [-0.25, -0.2) is 0 Å². The molecule has 1 heterocycles. The molecule has 2 amide bonds. The zero-order valence-corrected chi connectivity index (χ0v) is 24.7. The second kappa shape index (κ2) is 14.6. The van der Waals surface area contributed by atoms with Gasteiger partial charge in [-0.1, -0.05) is 91.3 Å². The predicted molar refractivity (Wildman–Crippen MR) is 165 cm³/mol. The number of likely N-dealkylation sites (tertiary alicyclic amines) is 1. The van der Waals surface area contributed by atoms with Crippen molar-refractivity contribution in [1.82, 2.24) is 15.5 Å². The lowest BCUT2D eigenvalue weighted by Crippen LogP contribution is -2.44. The van der Waals surface area contributed by atoms with Crippen LogP contribution < -0.4 is 10.6 Å². The number of hydrogen-bond donors (Lipinski definition) is 3. The van der Waals surface area contributed by atoms with Crippen LogP contribution in [0, 0.1) is 0 Å². The molecule has 41 heavy (non-hydrogen) atoms. The van der Waals surface area contributed by atoms with Gasteiger partial charge in [-0.2, -0.15) is 0 Å². The molecule has 0 unspecified atom stereocenters. The lowest BCUT2D eigenvalue weighted by Gasteiger charge is -2.40. The fourth-order valence-electron chi connectivity index (χ4n) is 5.84. The van der Waals surface area contributed by atoms with Gasteiger partial charge in [0.1, 0.15) is 0 Å². The number of carbonyl (C=O) groups excluding carboxylic acids is 2. The Kier molecular flexibility index (Phi) is 11.0. The van der Waals surface area contributed by atoms with E-state index in [-0.39, 0.29) is 18.2 Å². The SMILES string of the molecule is CCC(=O)NCCC(=O)NCC(CCCN1CCC(O)(c2ccc(Cl)cc2)CC1)(c1ccccc1)c1ccccc1. The van der Waals surface area contributed by atoms with Crippen LogP contribution in [0.4, 0.5) is 0 Å². The normalized spacial score (nSPS) is 15.3. The van der Waals surface area contributed by atoms with Gasteiger partial charge in [-0.15, -0.1) is 0 Å². The second-order valence-corrected chi connectivity index (χ2v) is 11.5. The quantitative estimate of drug-likeness (QED) is 0.254. The Bertz CT molecular complexity index is 1200. The lowest BCUT2D eigenvalue weighted by molar-refractivity contribution is -0.122. The summed E-state index contributed by atoms with van der Waals surface area (Å²) in [7, 11) is 0. The van der Waals surface area contributed by atoms with Crippen LogP contribution in [0.15, 0.2) is 84.9 Å². The van der Waals surface area contributed by atoms with Gasteiger partial charge in [0.15, 0.2) is 0 Å². The van der Waals surface area contributed by atoms with Gasteiger partial charge in [0.05, 0.1) is 5.60 Å². The molecule has 1 fully saturated rings. The Labute approximate surface area is 249 Å². The number of halogens is 1. The number of nitrogens with zero attached hydrogens (tertiary/aromatic N) is 1. The highest BCUT2D eigenvalue weighted by Gasteiger charge is 2.36. The molecule has 1 aliphatic heterocycles. The first-order chi connectivity index (χ1) is 19.8. The van der Waals surface area contributed by atoms with Crippen molar-refractivity contribution in [2.45, 2.75) is 56.5 Å². The summed E-state index contributed by atoms with van der Waals surface area (Å²) in [4.78, 5) is 26.9. The highest BCUT2D eigenvalue weighted by Crippen LogP contribution is 2.38. The molecule has 0 atom stereocenters. The molecule has 0 spiro atoms. The second-order valence-electron chi connectivity index (χ2n) is 11.0. The summed E-state index contributed by atoms with van der Waals surface area (Å²) >= 11 is 6.05. The Hall–Kier alpha value is -3.19. The van der Waals surface area contributed by atoms with E-state index < -0.39 is 11.0 Å². The van der Waals surface area contributed by atoms with Crippen molar-refractivity contribution in [1.29, 1.82) is 0 Å². The standard InChI is InChI=1S/C34H42ClN3O3/c1-2-31(39)36-22-18-32(40)37-26-33(27-10-5-3-6-11-27,28-12-7-4-8-13-28)19-9-23-38-24-20-34(41,21-25-38)29-14-16-30(35)17-15-29/h3-8,10-17,41H,2,9,18-26H2,1H3,(H,36,39)(H,37,40). The monoisotopic (exact) mass is 575 g/mol. The van der Waals surface area contributed by atoms with Gasteiger partial charge in [-0.05, 0) is 61.1 Å². The van der Waals surface area contributed by atoms with E-state index in [1.54, 1.807) is 6.92 Å². The Morgan fingerprint density at radius 1 is 0.878 bits per heavy atom. The molecule has 0 bridgehead atoms. The molecule has 6 nitrogen and oxygen atoms in total. The highest BCUT2D eigenvalue weighted by molar-refractivity contribution is 6.30. The van der Waals surface area contributed by atoms with Crippen LogP contribution in [0.2, 0.25) is 5.02 Å². The highest BCUT2D eigenvalue weighted by atomic mass is 35.5. The van der Waals surface area contributed by atoms with E-state index in [1.807, 2.05) is 36.4 Å². The Morgan fingerprint density at radius 3 is 2.02 bits per heavy atom. The first-order valence-corrected chi connectivity index (χ1v) is 15.1. The van der Waals surface area contributed by atoms with Crippen molar-refractivity contribution in [2.24, 2.45) is 0 Å². The molecule has 0 radical (unpaired) electrons. The van der Waals surface area contributed by atoms with Crippen molar-refractivity contribution in [3.8, 4) is 0 Å². The van der Waals surface area contributed by atoms with Crippen molar-refractivity contribution in [3.05, 3.63) is 107 Å². The van der Waals surface area contributed by atoms with E-state index in [0.29, 0.717) is 37.4 Å². The summed E-state index contributed by atoms with van der Waals surface area (Å²) < 4.78 is 0. The molecule has 3 aromatic carbocycles. The third-order valence-electron chi connectivity index (χ3n) is 8.38. The van der Waals surface area contributed by atoms with Gasteiger partial charge in [0.2, 0.25) is 11.8 Å². The summed E-state index contributed by atoms with van der Waals surface area (Å²) in [5.74, 6) is -0.125. The maximum atomic E-state index is 12.8. The first-order valence-electron chi connectivity index (χ1n) is 14.7. The minimum Gasteiger partial charge on any atom is -0.385 e. The zero-order valence-electron chi connectivity index (χ0n) is 23.9. The van der Waals surface area contributed by atoms with Crippen LogP contribution in [0.5, 0.6) is 0 Å². The zero-order chi connectivity index (χ0) is 29.1. The Morgan fingerprint density at radius 2 is 1.46 bits per heavy atom. The number of amides is 2. The number of rotatable bonds is 13. The molecule has 0 aromatic heterocycles. The summed E-state index contributed by atoms with van der Waals surface area (Å²) in [5.41, 5.74) is 2.05. The number of hydrogen-bond acceptors (Lipinski definition) is 4. The third kappa shape index (κ3) is 8.19. The lowest BCUT2D eigenvalue weighted by atomic mass is 9.71. The van der Waals surface area contributed by atoms with Crippen molar-refractivity contribution >= 4 is 23.4 Å². The fourth-order valence-corrected chi connectivity index (χ4v) is 5.97. The molecule has 7 heteroatoms. The predicted octanol–water partition coefficient (Wildman–Crippen LogP) is 5.42. The number of benzene rings is 3. The number of nitrogens with one attached hydrogen (secondary N) is 2. The van der Waals surface area contributed by atoms with Crippen LogP contribution in [0.25, 0.3) is 0 Å². The fraction of sp³-hybridized carbons (Fsp3) is 0.412. The average molecular weight is 576 g/mol. The van der Waals surface area contributed by atoms with E-state index >= 15 is 0 Å². The van der Waals surface area contributed by atoms with E-state index in [4.69, 9.17) is 11.6 Å². The third-order valence-corrected chi connectivity index (χ3v) is 8.63. The molecule has 3 aromatic rings. The molecule has 0 saturated carbocycles. The molecule has 0 aliphatic carbocycles. The van der Waals surface area contributed by atoms with Crippen LogP contribution >= 0.6 is 11.6 Å². The van der Waals surface area contributed by atoms with Gasteiger partial charge in [0, 0.05) is 49.5 Å². The maximum absolute atomic E-state index is 12.8. The molecule has 218 valence electrons. The van der Waals surface area contributed by atoms with Gasteiger partial charge in [-0.3, -0.25) is 9.59 Å². The molecule has 4 rings (SSSR count). The molecule has 1 saturated heterocycles. The van der Waals surface area contributed by atoms with Crippen molar-refractivity contribution in [3.63, 3.8) is 0 Å². The van der Waals surface area contributed by atoms with Crippen molar-refractivity contribution < 1.29 is 14.7 Å².